The van der Waals surface area contributed by atoms with E-state index in [-0.39, 0.29) is 0 Å². The minimum atomic E-state index is 0.586. The fourth-order valence-corrected chi connectivity index (χ4v) is 7.23. The molecular formula is C49H31N3O. The summed E-state index contributed by atoms with van der Waals surface area (Å²) >= 11 is 0. The van der Waals surface area contributed by atoms with Gasteiger partial charge >= 0.3 is 0 Å². The van der Waals surface area contributed by atoms with Crippen molar-refractivity contribution in [1.29, 1.82) is 0 Å². The highest BCUT2D eigenvalue weighted by atomic mass is 16.3. The topological polar surface area (TPSA) is 51.8 Å². The molecule has 0 aliphatic rings. The van der Waals surface area contributed by atoms with Crippen molar-refractivity contribution in [1.82, 2.24) is 15.0 Å². The van der Waals surface area contributed by atoms with Crippen molar-refractivity contribution in [2.75, 3.05) is 0 Å². The standard InChI is InChI=1S/C49H31N3O/c1-4-13-32(14-5-1)34-23-25-36(26-24-34)48-50-47(35-17-8-3-9-18-35)51-49(52-48)43-29-41(38-22-12-21-37(27-38)33-15-6-2-7-16-33)31-45-46(43)42-28-39-19-10-11-20-40(39)30-44(42)53-45/h1-31H. The highest BCUT2D eigenvalue weighted by Gasteiger charge is 2.20. The third kappa shape index (κ3) is 5.73. The van der Waals surface area contributed by atoms with Crippen molar-refractivity contribution in [2.45, 2.75) is 0 Å². The van der Waals surface area contributed by atoms with Crippen LogP contribution in [0.2, 0.25) is 0 Å². The number of hydrogen-bond acceptors (Lipinski definition) is 4. The van der Waals surface area contributed by atoms with E-state index in [1.807, 2.05) is 42.5 Å². The molecule has 248 valence electrons. The molecule has 0 fully saturated rings. The zero-order chi connectivity index (χ0) is 35.1. The van der Waals surface area contributed by atoms with Crippen LogP contribution in [0.4, 0.5) is 0 Å². The maximum absolute atomic E-state index is 6.71. The maximum atomic E-state index is 6.71. The van der Waals surface area contributed by atoms with Crippen molar-refractivity contribution in [2.24, 2.45) is 0 Å². The molecule has 0 bridgehead atoms. The van der Waals surface area contributed by atoms with Crippen molar-refractivity contribution in [3.05, 3.63) is 188 Å². The van der Waals surface area contributed by atoms with E-state index < -0.39 is 0 Å². The first-order chi connectivity index (χ1) is 26.2. The number of furan rings is 1. The molecule has 0 N–H and O–H groups in total. The zero-order valence-electron chi connectivity index (χ0n) is 28.6. The number of benzene rings is 8. The molecule has 53 heavy (non-hydrogen) atoms. The highest BCUT2D eigenvalue weighted by molar-refractivity contribution is 6.16. The Morgan fingerprint density at radius 1 is 0.302 bits per heavy atom. The summed E-state index contributed by atoms with van der Waals surface area (Å²) in [5.41, 5.74) is 11.0. The molecule has 0 amide bonds. The average molecular weight is 678 g/mol. The van der Waals surface area contributed by atoms with Crippen LogP contribution in [-0.2, 0) is 0 Å². The molecule has 8 aromatic carbocycles. The first-order valence-electron chi connectivity index (χ1n) is 17.8. The maximum Gasteiger partial charge on any atom is 0.164 e. The molecule has 2 aromatic heterocycles. The Hall–Kier alpha value is -7.17. The fourth-order valence-electron chi connectivity index (χ4n) is 7.23. The van der Waals surface area contributed by atoms with Crippen molar-refractivity contribution >= 4 is 32.7 Å². The molecule has 0 radical (unpaired) electrons. The average Bonchev–Trinajstić information content (AvgIpc) is 3.60. The van der Waals surface area contributed by atoms with Crippen LogP contribution in [0.5, 0.6) is 0 Å². The van der Waals surface area contributed by atoms with Crippen LogP contribution in [0.1, 0.15) is 0 Å². The molecular weight excluding hydrogens is 647 g/mol. The Bertz CT molecular complexity index is 2920. The first-order valence-corrected chi connectivity index (χ1v) is 17.8. The van der Waals surface area contributed by atoms with Gasteiger partial charge in [-0.25, -0.2) is 15.0 Å². The van der Waals surface area contributed by atoms with Gasteiger partial charge in [-0.05, 0) is 74.5 Å². The highest BCUT2D eigenvalue weighted by Crippen LogP contribution is 2.41. The molecule has 0 spiro atoms. The fraction of sp³-hybridized carbons (Fsp3) is 0. The van der Waals surface area contributed by atoms with Crippen LogP contribution in [0.3, 0.4) is 0 Å². The lowest BCUT2D eigenvalue weighted by molar-refractivity contribution is 0.669. The van der Waals surface area contributed by atoms with Crippen LogP contribution in [0.15, 0.2) is 192 Å². The number of rotatable bonds is 6. The molecule has 0 aliphatic heterocycles. The van der Waals surface area contributed by atoms with Gasteiger partial charge < -0.3 is 4.42 Å². The Morgan fingerprint density at radius 3 is 1.43 bits per heavy atom. The molecule has 0 unspecified atom stereocenters. The molecule has 0 saturated carbocycles. The Morgan fingerprint density at radius 2 is 0.774 bits per heavy atom. The predicted octanol–water partition coefficient (Wildman–Crippen LogP) is 12.9. The van der Waals surface area contributed by atoms with Gasteiger partial charge in [0, 0.05) is 27.5 Å². The summed E-state index contributed by atoms with van der Waals surface area (Å²) in [7, 11) is 0. The zero-order valence-corrected chi connectivity index (χ0v) is 28.6. The largest absolute Gasteiger partial charge is 0.456 e. The molecule has 4 nitrogen and oxygen atoms in total. The predicted molar refractivity (Wildman–Crippen MR) is 217 cm³/mol. The number of nitrogens with zero attached hydrogens (tertiary/aromatic N) is 3. The normalized spacial score (nSPS) is 11.4. The van der Waals surface area contributed by atoms with Crippen molar-refractivity contribution in [3.8, 4) is 67.5 Å². The SMILES string of the molecule is c1ccc(-c2ccc(-c3nc(-c4ccccc4)nc(-c4cc(-c5cccc(-c6ccccc6)c5)cc5oc6cc7ccccc7cc6c45)n3)cc2)cc1. The van der Waals surface area contributed by atoms with Gasteiger partial charge in [-0.15, -0.1) is 0 Å². The minimum Gasteiger partial charge on any atom is -0.456 e. The number of fused-ring (bicyclic) bond motifs is 4. The van der Waals surface area contributed by atoms with Crippen LogP contribution >= 0.6 is 0 Å². The van der Waals surface area contributed by atoms with E-state index in [0.717, 1.165) is 77.2 Å². The third-order valence-corrected chi connectivity index (χ3v) is 9.90. The van der Waals surface area contributed by atoms with Gasteiger partial charge in [0.1, 0.15) is 11.2 Å². The second-order valence-corrected chi connectivity index (χ2v) is 13.3. The van der Waals surface area contributed by atoms with Crippen LogP contribution in [-0.4, -0.2) is 15.0 Å². The van der Waals surface area contributed by atoms with Crippen molar-refractivity contribution in [3.63, 3.8) is 0 Å². The first kappa shape index (κ1) is 30.6. The van der Waals surface area contributed by atoms with Gasteiger partial charge in [-0.2, -0.15) is 0 Å². The molecule has 0 saturated heterocycles. The van der Waals surface area contributed by atoms with Gasteiger partial charge in [-0.3, -0.25) is 0 Å². The van der Waals surface area contributed by atoms with Crippen LogP contribution in [0, 0.1) is 0 Å². The van der Waals surface area contributed by atoms with Gasteiger partial charge in [-0.1, -0.05) is 158 Å². The monoisotopic (exact) mass is 677 g/mol. The van der Waals surface area contributed by atoms with Gasteiger partial charge in [0.15, 0.2) is 17.5 Å². The number of hydrogen-bond donors (Lipinski definition) is 0. The lowest BCUT2D eigenvalue weighted by Gasteiger charge is -2.12. The lowest BCUT2D eigenvalue weighted by Crippen LogP contribution is -2.00. The Balaban J connectivity index is 1.22. The van der Waals surface area contributed by atoms with E-state index in [1.54, 1.807) is 0 Å². The second kappa shape index (κ2) is 12.9. The van der Waals surface area contributed by atoms with Crippen molar-refractivity contribution < 1.29 is 4.42 Å². The van der Waals surface area contributed by atoms with Gasteiger partial charge in [0.05, 0.1) is 0 Å². The Labute approximate surface area is 306 Å². The molecule has 4 heteroatoms. The van der Waals surface area contributed by atoms with E-state index in [9.17, 15) is 0 Å². The van der Waals surface area contributed by atoms with Crippen LogP contribution < -0.4 is 0 Å². The smallest absolute Gasteiger partial charge is 0.164 e. The summed E-state index contributed by atoms with van der Waals surface area (Å²) in [5.74, 6) is 1.81. The summed E-state index contributed by atoms with van der Waals surface area (Å²) in [6.07, 6.45) is 0. The summed E-state index contributed by atoms with van der Waals surface area (Å²) in [6.45, 7) is 0. The lowest BCUT2D eigenvalue weighted by atomic mass is 9.95. The van der Waals surface area contributed by atoms with E-state index in [1.165, 1.54) is 5.56 Å². The molecule has 10 aromatic rings. The molecule has 0 aliphatic carbocycles. The molecule has 2 heterocycles. The summed E-state index contributed by atoms with van der Waals surface area (Å²) in [4.78, 5) is 15.5. The Kier molecular flexibility index (Phi) is 7.43. The summed E-state index contributed by atoms with van der Waals surface area (Å²) < 4.78 is 6.71. The quantitative estimate of drug-likeness (QED) is 0.176. The molecule has 10 rings (SSSR count). The summed E-state index contributed by atoms with van der Waals surface area (Å²) in [5, 5.41) is 4.27. The van der Waals surface area contributed by atoms with Gasteiger partial charge in [0.25, 0.3) is 0 Å². The number of aromatic nitrogens is 3. The molecule has 0 atom stereocenters. The third-order valence-electron chi connectivity index (χ3n) is 9.90. The minimum absolute atomic E-state index is 0.586. The second-order valence-electron chi connectivity index (χ2n) is 13.3. The van der Waals surface area contributed by atoms with E-state index in [4.69, 9.17) is 19.4 Å². The van der Waals surface area contributed by atoms with E-state index >= 15 is 0 Å². The summed E-state index contributed by atoms with van der Waals surface area (Å²) in [6, 6.07) is 65.2. The van der Waals surface area contributed by atoms with Crippen LogP contribution in [0.25, 0.3) is 100 Å². The van der Waals surface area contributed by atoms with E-state index in [2.05, 4.69) is 146 Å². The van der Waals surface area contributed by atoms with E-state index in [0.29, 0.717) is 17.5 Å². The van der Waals surface area contributed by atoms with Gasteiger partial charge in [0.2, 0.25) is 0 Å².